The van der Waals surface area contributed by atoms with Gasteiger partial charge in [-0.25, -0.2) is 4.79 Å². The lowest BCUT2D eigenvalue weighted by atomic mass is 10.0. The van der Waals surface area contributed by atoms with Gasteiger partial charge in [0.1, 0.15) is 5.75 Å². The lowest BCUT2D eigenvalue weighted by Gasteiger charge is -2.11. The summed E-state index contributed by atoms with van der Waals surface area (Å²) in [5, 5.41) is 13.8. The van der Waals surface area contributed by atoms with E-state index in [1.807, 2.05) is 13.8 Å². The number of nitrogens with one attached hydrogen (secondary N) is 1. The molecule has 0 spiro atoms. The summed E-state index contributed by atoms with van der Waals surface area (Å²) < 4.78 is 10.8. The van der Waals surface area contributed by atoms with Crippen molar-refractivity contribution in [2.45, 2.75) is 124 Å². The quantitative estimate of drug-likeness (QED) is 0.0960. The Bertz CT molecular complexity index is 724. The van der Waals surface area contributed by atoms with Gasteiger partial charge in [0.15, 0.2) is 0 Å². The second kappa shape index (κ2) is 20.8. The molecule has 0 unspecified atom stereocenters. The molecule has 1 aromatic carbocycles. The molecular formula is C29H50N2O5. The summed E-state index contributed by atoms with van der Waals surface area (Å²) in [6, 6.07) is 4.28. The number of non-ortho nitro benzene ring substituents is 1. The number of hydrogen-bond donors (Lipinski definition) is 1. The van der Waals surface area contributed by atoms with Crippen LogP contribution in [0.1, 0.15) is 124 Å². The summed E-state index contributed by atoms with van der Waals surface area (Å²) >= 11 is 0. The number of unbranched alkanes of at least 4 members (excludes halogenated alkanes) is 15. The Hall–Kier alpha value is -2.31. The van der Waals surface area contributed by atoms with Crippen molar-refractivity contribution in [3.8, 4) is 5.75 Å². The van der Waals surface area contributed by atoms with Crippen molar-refractivity contribution in [2.24, 2.45) is 5.92 Å². The van der Waals surface area contributed by atoms with Crippen molar-refractivity contribution in [3.63, 3.8) is 0 Å². The summed E-state index contributed by atoms with van der Waals surface area (Å²) in [6.45, 7) is 6.92. The fourth-order valence-electron chi connectivity index (χ4n) is 4.08. The average Bonchev–Trinajstić information content (AvgIpc) is 2.84. The number of nitrogens with zero attached hydrogens (tertiary/aromatic N) is 1. The Labute approximate surface area is 218 Å². The number of anilines is 1. The smallest absolute Gasteiger partial charge is 0.411 e. The van der Waals surface area contributed by atoms with Gasteiger partial charge >= 0.3 is 6.09 Å². The summed E-state index contributed by atoms with van der Waals surface area (Å²) in [6.07, 6.45) is 20.3. The molecule has 0 radical (unpaired) electrons. The zero-order valence-corrected chi connectivity index (χ0v) is 23.0. The van der Waals surface area contributed by atoms with Crippen molar-refractivity contribution >= 4 is 17.5 Å². The van der Waals surface area contributed by atoms with Crippen LogP contribution < -0.4 is 10.1 Å². The van der Waals surface area contributed by atoms with Crippen molar-refractivity contribution in [1.29, 1.82) is 0 Å². The Morgan fingerprint density at radius 3 is 1.81 bits per heavy atom. The van der Waals surface area contributed by atoms with Crippen molar-refractivity contribution < 1.29 is 19.2 Å². The van der Waals surface area contributed by atoms with Crippen LogP contribution in [0.3, 0.4) is 0 Å². The van der Waals surface area contributed by atoms with Gasteiger partial charge in [-0.05, 0) is 12.3 Å². The molecule has 0 saturated heterocycles. The number of nitro groups is 1. The average molecular weight is 507 g/mol. The SMILES string of the molecule is CCCCCCCCCCCCCCCCCCOc1cc(NC(=O)OCC(C)C)cc([N+](=O)[O-])c1. The molecule has 0 heterocycles. The minimum Gasteiger partial charge on any atom is -0.493 e. The van der Waals surface area contributed by atoms with Gasteiger partial charge in [-0.3, -0.25) is 15.4 Å². The molecular weight excluding hydrogens is 456 g/mol. The van der Waals surface area contributed by atoms with Gasteiger partial charge < -0.3 is 9.47 Å². The van der Waals surface area contributed by atoms with E-state index in [1.54, 1.807) is 6.07 Å². The van der Waals surface area contributed by atoms with E-state index in [-0.39, 0.29) is 18.2 Å². The Morgan fingerprint density at radius 1 is 0.833 bits per heavy atom. The van der Waals surface area contributed by atoms with Crippen LogP contribution in [0.25, 0.3) is 0 Å². The standard InChI is InChI=1S/C29H50N2O5/c1-4-5-6-7-8-9-10-11-12-13-14-15-16-17-18-19-20-35-28-22-26(21-27(23-28)31(33)34)30-29(32)36-24-25(2)3/h21-23,25H,4-20,24H2,1-3H3,(H,30,32). The minimum absolute atomic E-state index is 0.126. The predicted octanol–water partition coefficient (Wildman–Crippen LogP) is 9.44. The van der Waals surface area contributed by atoms with E-state index < -0.39 is 11.0 Å². The molecule has 0 aliphatic carbocycles. The lowest BCUT2D eigenvalue weighted by Crippen LogP contribution is -2.16. The Morgan fingerprint density at radius 2 is 1.33 bits per heavy atom. The van der Waals surface area contributed by atoms with Crippen molar-refractivity contribution in [2.75, 3.05) is 18.5 Å². The minimum atomic E-state index is -0.632. The molecule has 1 rings (SSSR count). The zero-order valence-electron chi connectivity index (χ0n) is 23.0. The third-order valence-electron chi connectivity index (χ3n) is 6.16. The van der Waals surface area contributed by atoms with Gasteiger partial charge in [-0.2, -0.15) is 0 Å². The molecule has 0 aliphatic rings. The van der Waals surface area contributed by atoms with Gasteiger partial charge in [0, 0.05) is 12.1 Å². The first-order chi connectivity index (χ1) is 17.4. The van der Waals surface area contributed by atoms with Crippen LogP contribution in [0, 0.1) is 16.0 Å². The Balaban J connectivity index is 2.12. The second-order valence-corrected chi connectivity index (χ2v) is 10.2. The first-order valence-electron chi connectivity index (χ1n) is 14.3. The molecule has 0 saturated carbocycles. The van der Waals surface area contributed by atoms with E-state index in [1.165, 1.54) is 102 Å². The molecule has 1 amide bonds. The number of rotatable bonds is 22. The van der Waals surface area contributed by atoms with E-state index >= 15 is 0 Å². The number of nitro benzene ring substituents is 1. The first kappa shape index (κ1) is 31.7. The fraction of sp³-hybridized carbons (Fsp3) is 0.759. The molecule has 0 fully saturated rings. The van der Waals surface area contributed by atoms with E-state index in [4.69, 9.17) is 9.47 Å². The van der Waals surface area contributed by atoms with Crippen LogP contribution in [0.4, 0.5) is 16.2 Å². The molecule has 0 aromatic heterocycles. The maximum atomic E-state index is 11.9. The summed E-state index contributed by atoms with van der Waals surface area (Å²) in [5.41, 5.74) is 0.165. The van der Waals surface area contributed by atoms with E-state index in [0.29, 0.717) is 18.0 Å². The largest absolute Gasteiger partial charge is 0.493 e. The van der Waals surface area contributed by atoms with Gasteiger partial charge in [-0.15, -0.1) is 0 Å². The molecule has 206 valence electrons. The van der Waals surface area contributed by atoms with E-state index in [0.717, 1.165) is 12.8 Å². The number of hydrogen-bond acceptors (Lipinski definition) is 5. The predicted molar refractivity (Wildman–Crippen MR) is 148 cm³/mol. The number of ether oxygens (including phenoxy) is 2. The van der Waals surface area contributed by atoms with E-state index in [2.05, 4.69) is 12.2 Å². The molecule has 7 nitrogen and oxygen atoms in total. The Kier molecular flexibility index (Phi) is 18.4. The molecule has 36 heavy (non-hydrogen) atoms. The van der Waals surface area contributed by atoms with Crippen LogP contribution in [-0.4, -0.2) is 24.2 Å². The highest BCUT2D eigenvalue weighted by atomic mass is 16.6. The highest BCUT2D eigenvalue weighted by Gasteiger charge is 2.13. The maximum Gasteiger partial charge on any atom is 0.411 e. The summed E-state index contributed by atoms with van der Waals surface area (Å²) in [4.78, 5) is 22.6. The van der Waals surface area contributed by atoms with Gasteiger partial charge in [0.25, 0.3) is 5.69 Å². The highest BCUT2D eigenvalue weighted by molar-refractivity contribution is 5.85. The van der Waals surface area contributed by atoms with Crippen LogP contribution in [0.2, 0.25) is 0 Å². The van der Waals surface area contributed by atoms with Crippen molar-refractivity contribution in [1.82, 2.24) is 0 Å². The van der Waals surface area contributed by atoms with Crippen LogP contribution >= 0.6 is 0 Å². The van der Waals surface area contributed by atoms with E-state index in [9.17, 15) is 14.9 Å². The monoisotopic (exact) mass is 506 g/mol. The van der Waals surface area contributed by atoms with Gasteiger partial charge in [0.05, 0.1) is 29.9 Å². The van der Waals surface area contributed by atoms with Gasteiger partial charge in [0.2, 0.25) is 0 Å². The van der Waals surface area contributed by atoms with Crippen LogP contribution in [0.15, 0.2) is 18.2 Å². The third kappa shape index (κ3) is 17.2. The molecule has 7 heteroatoms. The number of benzene rings is 1. The summed E-state index contributed by atoms with van der Waals surface area (Å²) in [7, 11) is 0. The third-order valence-corrected chi connectivity index (χ3v) is 6.16. The normalized spacial score (nSPS) is 11.0. The van der Waals surface area contributed by atoms with Crippen molar-refractivity contribution in [3.05, 3.63) is 28.3 Å². The maximum absolute atomic E-state index is 11.9. The molecule has 1 aromatic rings. The van der Waals surface area contributed by atoms with Crippen LogP contribution in [-0.2, 0) is 4.74 Å². The molecule has 0 atom stereocenters. The van der Waals surface area contributed by atoms with Gasteiger partial charge in [-0.1, -0.05) is 117 Å². The molecule has 0 bridgehead atoms. The first-order valence-corrected chi connectivity index (χ1v) is 14.3. The zero-order chi connectivity index (χ0) is 26.4. The number of carbonyl (C=O) groups excluding carboxylic acids is 1. The molecule has 0 aliphatic heterocycles. The summed E-state index contributed by atoms with van der Waals surface area (Å²) in [5.74, 6) is 0.587. The number of amides is 1. The number of carbonyl (C=O) groups is 1. The topological polar surface area (TPSA) is 90.7 Å². The lowest BCUT2D eigenvalue weighted by molar-refractivity contribution is -0.384. The van der Waals surface area contributed by atoms with Crippen LogP contribution in [0.5, 0.6) is 5.75 Å². The fourth-order valence-corrected chi connectivity index (χ4v) is 4.08. The highest BCUT2D eigenvalue weighted by Crippen LogP contribution is 2.26. The molecule has 1 N–H and O–H groups in total. The second-order valence-electron chi connectivity index (χ2n) is 10.2.